The fraction of sp³-hybridized carbons (Fsp3) is 0.324. The standard InChI is InChI=1S/C37H35Cl2N5O7/c1-50-34-21(18-44-14-12-28(44)36(46)47)16-27(38)35(43-34)51-29-11-10-23-22(6-2-7-24(23)29)25-8-3-9-26(30(25)39)33(45)42-32-19(5-4-13-40-32)15-20-17-41-31(20)37(48)49/h2-9,13,16,20,28-29,31,41H,10-12,14-15,17-18H2,1H3,(H,46,47)(H,48,49)(H,40,42,45)/t20?,28-,29+,31?/m1/s1. The molecule has 3 aliphatic rings. The lowest BCUT2D eigenvalue weighted by atomic mass is 9.86. The molecule has 0 bridgehead atoms. The van der Waals surface area contributed by atoms with Gasteiger partial charge in [-0.1, -0.05) is 59.6 Å². The summed E-state index contributed by atoms with van der Waals surface area (Å²) in [6.07, 6.45) is 3.60. The second-order valence-corrected chi connectivity index (χ2v) is 13.7. The monoisotopic (exact) mass is 731 g/mol. The molecule has 2 unspecified atom stereocenters. The highest BCUT2D eigenvalue weighted by Gasteiger charge is 2.37. The third kappa shape index (κ3) is 6.84. The fourth-order valence-corrected chi connectivity index (χ4v) is 7.62. The zero-order valence-corrected chi connectivity index (χ0v) is 29.1. The number of anilines is 1. The van der Waals surface area contributed by atoms with E-state index in [1.54, 1.807) is 30.5 Å². The molecule has 2 aromatic heterocycles. The van der Waals surface area contributed by atoms with E-state index in [0.717, 1.165) is 22.3 Å². The predicted molar refractivity (Wildman–Crippen MR) is 190 cm³/mol. The molecule has 51 heavy (non-hydrogen) atoms. The van der Waals surface area contributed by atoms with Crippen LogP contribution in [0.2, 0.25) is 10.0 Å². The van der Waals surface area contributed by atoms with E-state index in [-0.39, 0.29) is 28.5 Å². The van der Waals surface area contributed by atoms with Crippen LogP contribution in [0, 0.1) is 5.92 Å². The molecule has 4 N–H and O–H groups in total. The minimum absolute atomic E-state index is 0.112. The second-order valence-electron chi connectivity index (χ2n) is 12.9. The van der Waals surface area contributed by atoms with Gasteiger partial charge in [0.1, 0.15) is 29.0 Å². The Kier molecular flexibility index (Phi) is 9.84. The number of carbonyl (C=O) groups is 3. The molecule has 2 saturated heterocycles. The minimum atomic E-state index is -0.902. The van der Waals surface area contributed by atoms with Crippen LogP contribution in [-0.4, -0.2) is 75.2 Å². The Morgan fingerprint density at radius 3 is 2.51 bits per heavy atom. The van der Waals surface area contributed by atoms with Gasteiger partial charge in [0.15, 0.2) is 0 Å². The number of halogens is 2. The van der Waals surface area contributed by atoms with Gasteiger partial charge in [-0.15, -0.1) is 0 Å². The number of carbonyl (C=O) groups excluding carboxylic acids is 1. The van der Waals surface area contributed by atoms with E-state index >= 15 is 0 Å². The molecule has 4 heterocycles. The highest BCUT2D eigenvalue weighted by atomic mass is 35.5. The van der Waals surface area contributed by atoms with Crippen molar-refractivity contribution in [2.75, 3.05) is 25.5 Å². The first-order chi connectivity index (χ1) is 24.6. The number of hydrogen-bond acceptors (Lipinski definition) is 9. The molecule has 0 saturated carbocycles. The number of ether oxygens (including phenoxy) is 2. The van der Waals surface area contributed by atoms with Gasteiger partial charge in [0.05, 0.1) is 17.7 Å². The van der Waals surface area contributed by atoms with Crippen molar-refractivity contribution in [1.29, 1.82) is 0 Å². The van der Waals surface area contributed by atoms with Crippen LogP contribution in [0.4, 0.5) is 5.82 Å². The molecule has 12 nitrogen and oxygen atoms in total. The number of aromatic nitrogens is 2. The van der Waals surface area contributed by atoms with Crippen LogP contribution in [-0.2, 0) is 29.0 Å². The van der Waals surface area contributed by atoms with Crippen molar-refractivity contribution in [2.24, 2.45) is 5.92 Å². The number of pyridine rings is 2. The number of likely N-dealkylation sites (tertiary alicyclic amines) is 1. The molecule has 4 atom stereocenters. The van der Waals surface area contributed by atoms with Gasteiger partial charge in [-0.2, -0.15) is 4.98 Å². The predicted octanol–water partition coefficient (Wildman–Crippen LogP) is 5.65. The molecule has 0 spiro atoms. The maximum Gasteiger partial charge on any atom is 0.321 e. The van der Waals surface area contributed by atoms with E-state index < -0.39 is 29.9 Å². The van der Waals surface area contributed by atoms with Gasteiger partial charge in [0, 0.05) is 42.9 Å². The van der Waals surface area contributed by atoms with Crippen LogP contribution < -0.4 is 20.1 Å². The summed E-state index contributed by atoms with van der Waals surface area (Å²) in [5.74, 6) is -1.40. The first kappa shape index (κ1) is 34.7. The quantitative estimate of drug-likeness (QED) is 0.142. The highest BCUT2D eigenvalue weighted by molar-refractivity contribution is 6.37. The lowest BCUT2D eigenvalue weighted by molar-refractivity contribution is -0.148. The lowest BCUT2D eigenvalue weighted by Gasteiger charge is -2.38. The summed E-state index contributed by atoms with van der Waals surface area (Å²) in [6, 6.07) is 15.3. The molecule has 0 radical (unpaired) electrons. The summed E-state index contributed by atoms with van der Waals surface area (Å²) < 4.78 is 11.9. The fourth-order valence-electron chi connectivity index (χ4n) is 7.09. The summed E-state index contributed by atoms with van der Waals surface area (Å²) in [4.78, 5) is 47.4. The number of nitrogens with zero attached hydrogens (tertiary/aromatic N) is 3. The van der Waals surface area contributed by atoms with Crippen LogP contribution >= 0.6 is 23.2 Å². The molecule has 1 amide bonds. The molecule has 264 valence electrons. The van der Waals surface area contributed by atoms with Crippen LogP contribution in [0.25, 0.3) is 11.1 Å². The second kappa shape index (κ2) is 14.5. The highest BCUT2D eigenvalue weighted by Crippen LogP contribution is 2.44. The molecule has 14 heteroatoms. The van der Waals surface area contributed by atoms with Gasteiger partial charge in [-0.25, -0.2) is 4.98 Å². The van der Waals surface area contributed by atoms with Crippen molar-refractivity contribution in [1.82, 2.24) is 20.2 Å². The van der Waals surface area contributed by atoms with E-state index in [0.29, 0.717) is 73.2 Å². The van der Waals surface area contributed by atoms with E-state index in [2.05, 4.69) is 20.6 Å². The SMILES string of the molecule is COc1nc(O[C@H]2CCc3c(-c4cccc(C(=O)Nc5ncccc5CC5CNC5C(=O)O)c4Cl)cccc32)c(Cl)cc1CN1CC[C@@H]1C(=O)O. The smallest absolute Gasteiger partial charge is 0.321 e. The first-order valence-electron chi connectivity index (χ1n) is 16.6. The minimum Gasteiger partial charge on any atom is -0.481 e. The summed E-state index contributed by atoms with van der Waals surface area (Å²) in [5.41, 5.74) is 5.26. The van der Waals surface area contributed by atoms with Crippen LogP contribution in [0.3, 0.4) is 0 Å². The molecule has 2 fully saturated rings. The number of amides is 1. The number of benzene rings is 2. The number of fused-ring (bicyclic) bond motifs is 1. The normalized spacial score (nSPS) is 20.8. The molecule has 4 aromatic rings. The Bertz CT molecular complexity index is 2030. The van der Waals surface area contributed by atoms with Crippen molar-refractivity contribution in [3.8, 4) is 22.9 Å². The maximum atomic E-state index is 13.6. The molecule has 2 aliphatic heterocycles. The van der Waals surface area contributed by atoms with Crippen molar-refractivity contribution in [2.45, 2.75) is 50.4 Å². The van der Waals surface area contributed by atoms with E-state index in [9.17, 15) is 24.6 Å². The number of rotatable bonds is 12. The number of aliphatic carboxylic acids is 2. The molecule has 1 aliphatic carbocycles. The van der Waals surface area contributed by atoms with Gasteiger partial charge in [-0.3, -0.25) is 19.3 Å². The van der Waals surface area contributed by atoms with E-state index in [4.69, 9.17) is 32.7 Å². The Labute approximate surface area is 303 Å². The van der Waals surface area contributed by atoms with Gasteiger partial charge in [0.2, 0.25) is 11.8 Å². The Morgan fingerprint density at radius 1 is 1.00 bits per heavy atom. The van der Waals surface area contributed by atoms with Crippen LogP contribution in [0.15, 0.2) is 60.8 Å². The van der Waals surface area contributed by atoms with Gasteiger partial charge in [0.25, 0.3) is 5.91 Å². The number of carboxylic acid groups (broad SMARTS) is 2. The van der Waals surface area contributed by atoms with Crippen molar-refractivity contribution in [3.63, 3.8) is 0 Å². The summed E-state index contributed by atoms with van der Waals surface area (Å²) in [6.45, 7) is 1.57. The lowest BCUT2D eigenvalue weighted by Crippen LogP contribution is -2.58. The Hall–Kier alpha value is -4.75. The maximum absolute atomic E-state index is 13.6. The zero-order valence-electron chi connectivity index (χ0n) is 27.6. The van der Waals surface area contributed by atoms with E-state index in [1.807, 2.05) is 35.2 Å². The van der Waals surface area contributed by atoms with Gasteiger partial charge < -0.3 is 30.3 Å². The molecular weight excluding hydrogens is 697 g/mol. The number of hydrogen-bond donors (Lipinski definition) is 4. The van der Waals surface area contributed by atoms with Crippen LogP contribution in [0.5, 0.6) is 11.8 Å². The summed E-state index contributed by atoms with van der Waals surface area (Å²) >= 11 is 13.6. The third-order valence-corrected chi connectivity index (χ3v) is 10.6. The van der Waals surface area contributed by atoms with Crippen molar-refractivity contribution >= 4 is 46.9 Å². The number of methoxy groups -OCH3 is 1. The summed E-state index contributed by atoms with van der Waals surface area (Å²) in [5, 5.41) is 25.3. The first-order valence-corrected chi connectivity index (χ1v) is 17.4. The van der Waals surface area contributed by atoms with Crippen molar-refractivity contribution < 1.29 is 34.1 Å². The van der Waals surface area contributed by atoms with E-state index in [1.165, 1.54) is 7.11 Å². The number of nitrogens with one attached hydrogen (secondary N) is 2. The topological polar surface area (TPSA) is 163 Å². The van der Waals surface area contributed by atoms with Crippen LogP contribution in [0.1, 0.15) is 51.6 Å². The zero-order chi connectivity index (χ0) is 35.8. The molecule has 7 rings (SSSR count). The number of carboxylic acids is 2. The average Bonchev–Trinajstić information content (AvgIpc) is 3.49. The average molecular weight is 733 g/mol. The van der Waals surface area contributed by atoms with Gasteiger partial charge in [-0.05, 0) is 66.1 Å². The molecule has 2 aromatic carbocycles. The molecular formula is C37H35Cl2N5O7. The largest absolute Gasteiger partial charge is 0.481 e. The van der Waals surface area contributed by atoms with Gasteiger partial charge >= 0.3 is 11.9 Å². The summed E-state index contributed by atoms with van der Waals surface area (Å²) in [7, 11) is 1.50. The van der Waals surface area contributed by atoms with Crippen molar-refractivity contribution in [3.05, 3.63) is 98.7 Å². The third-order valence-electron chi connectivity index (χ3n) is 9.91. The Balaban J connectivity index is 1.09. The Morgan fingerprint density at radius 2 is 1.80 bits per heavy atom.